The maximum atomic E-state index is 8.94. The molecule has 0 amide bonds. The molecule has 16 heavy (non-hydrogen) atoms. The molecule has 2 saturated heterocycles. The number of rotatable bonds is 0. The van der Waals surface area contributed by atoms with E-state index >= 15 is 0 Å². The van der Waals surface area contributed by atoms with E-state index in [-0.39, 0.29) is 11.2 Å². The second-order valence-electron chi connectivity index (χ2n) is 5.44. The Hall–Kier alpha value is 0.198. The molecule has 0 aromatic carbocycles. The Morgan fingerprint density at radius 3 is 1.69 bits per heavy atom. The first-order chi connectivity index (χ1) is 7.02. The molecule has 1 saturated carbocycles. The van der Waals surface area contributed by atoms with E-state index in [0.29, 0.717) is 0 Å². The van der Waals surface area contributed by atoms with E-state index in [1.54, 1.807) is 0 Å². The van der Waals surface area contributed by atoms with Crippen LogP contribution in [0.5, 0.6) is 0 Å². The van der Waals surface area contributed by atoms with Crippen molar-refractivity contribution >= 4 is 14.5 Å². The minimum absolute atomic E-state index is 0.158. The van der Waals surface area contributed by atoms with Crippen LogP contribution in [0.3, 0.4) is 0 Å². The van der Waals surface area contributed by atoms with Gasteiger partial charge in [-0.15, -0.1) is 0 Å². The fraction of sp³-hybridized carbons (Fsp3) is 1.00. The first kappa shape index (κ1) is 14.3. The fourth-order valence-corrected chi connectivity index (χ4v) is 2.74. The van der Waals surface area contributed by atoms with Gasteiger partial charge in [0.1, 0.15) is 0 Å². The molecule has 6 heteroatoms. The Morgan fingerprint density at radius 2 is 1.50 bits per heavy atom. The summed E-state index contributed by atoms with van der Waals surface area (Å²) in [7, 11) is 0. The van der Waals surface area contributed by atoms with Crippen molar-refractivity contribution in [3.8, 4) is 0 Å². The Labute approximate surface area is 99.2 Å². The molecule has 2 aliphatic heterocycles. The quantitative estimate of drug-likeness (QED) is 0.569. The molecule has 3 aliphatic rings. The summed E-state index contributed by atoms with van der Waals surface area (Å²) in [6.07, 6.45) is 5.31. The summed E-state index contributed by atoms with van der Waals surface area (Å²) in [4.78, 5) is 0. The number of hydrogen-bond acceptors (Lipinski definition) is 2. The van der Waals surface area contributed by atoms with E-state index in [4.69, 9.17) is 20.8 Å². The van der Waals surface area contributed by atoms with Gasteiger partial charge in [-0.3, -0.25) is 0 Å². The zero-order valence-electron chi connectivity index (χ0n) is 10.0. The van der Waals surface area contributed by atoms with Gasteiger partial charge >= 0.3 is 30.5 Å². The van der Waals surface area contributed by atoms with Gasteiger partial charge in [-0.1, -0.05) is 0 Å². The summed E-state index contributed by atoms with van der Waals surface area (Å²) >= 11 is -5.12. The van der Waals surface area contributed by atoms with Gasteiger partial charge in [0.2, 0.25) is 0 Å². The maximum absolute atomic E-state index is 8.94. The first-order valence-corrected chi connectivity index (χ1v) is 8.79. The van der Waals surface area contributed by atoms with Crippen LogP contribution in [0.1, 0.15) is 46.5 Å². The predicted molar refractivity (Wildman–Crippen MR) is 58.6 cm³/mol. The summed E-state index contributed by atoms with van der Waals surface area (Å²) in [6.45, 7) is 6.76. The van der Waals surface area contributed by atoms with Crippen molar-refractivity contribution in [2.45, 2.75) is 57.7 Å². The predicted octanol–water partition coefficient (Wildman–Crippen LogP) is 0.573. The molecule has 0 radical (unpaired) electrons. The van der Waals surface area contributed by atoms with E-state index in [9.17, 15) is 0 Å². The molecule has 0 aromatic rings. The van der Waals surface area contributed by atoms with Crippen LogP contribution < -0.4 is 0 Å². The van der Waals surface area contributed by atoms with E-state index in [1.165, 1.54) is 25.7 Å². The van der Waals surface area contributed by atoms with Gasteiger partial charge in [-0.2, -0.15) is 0 Å². The molecule has 0 aromatic heterocycles. The average Bonchev–Trinajstić information content (AvgIpc) is 1.97. The van der Waals surface area contributed by atoms with Crippen LogP contribution in [0.4, 0.5) is 0 Å². The molecule has 5 nitrogen and oxygen atoms in total. The summed E-state index contributed by atoms with van der Waals surface area (Å²) in [5.74, 6) is 0.823. The van der Waals surface area contributed by atoms with Gasteiger partial charge in [0.05, 0.1) is 11.2 Å². The summed E-state index contributed by atoms with van der Waals surface area (Å²) < 4.78 is 36.7. The SMILES string of the molecule is CC12CCC(CC1)C(C)(C)O2.O=[As](O)(O)O. The summed E-state index contributed by atoms with van der Waals surface area (Å²) in [6, 6.07) is 0. The fourth-order valence-electron chi connectivity index (χ4n) is 2.74. The van der Waals surface area contributed by atoms with E-state index in [0.717, 1.165) is 5.92 Å². The molecule has 2 bridgehead atoms. The molecular weight excluding hydrogens is 275 g/mol. The molecule has 3 rings (SSSR count). The van der Waals surface area contributed by atoms with Gasteiger partial charge < -0.3 is 4.74 Å². The van der Waals surface area contributed by atoms with Crippen molar-refractivity contribution in [2.24, 2.45) is 5.92 Å². The minimum atomic E-state index is -5.12. The molecule has 0 unspecified atom stereocenters. The van der Waals surface area contributed by atoms with Gasteiger partial charge in [-0.25, -0.2) is 0 Å². The summed E-state index contributed by atoms with van der Waals surface area (Å²) in [5.41, 5.74) is 0.378. The second-order valence-corrected chi connectivity index (χ2v) is 7.60. The Morgan fingerprint density at radius 1 is 1.12 bits per heavy atom. The molecular formula is C10H21AsO5. The van der Waals surface area contributed by atoms with Gasteiger partial charge in [0.15, 0.2) is 0 Å². The topological polar surface area (TPSA) is 87.0 Å². The molecule has 1 aliphatic carbocycles. The van der Waals surface area contributed by atoms with Crippen molar-refractivity contribution in [2.75, 3.05) is 0 Å². The van der Waals surface area contributed by atoms with Gasteiger partial charge in [0, 0.05) is 0 Å². The number of hydrogen-bond donors (Lipinski definition) is 3. The standard InChI is InChI=1S/C10H18O.AsH3O4/c1-9(2)8-4-6-10(3,11-9)7-5-8;2-1(3,4)5/h8H,4-7H2,1-3H3;(H3,2,3,4,5). The van der Waals surface area contributed by atoms with E-state index in [1.807, 2.05) is 0 Å². The van der Waals surface area contributed by atoms with Crippen LogP contribution in [0.25, 0.3) is 0 Å². The van der Waals surface area contributed by atoms with E-state index in [2.05, 4.69) is 20.8 Å². The van der Waals surface area contributed by atoms with Crippen molar-refractivity contribution in [3.05, 3.63) is 0 Å². The van der Waals surface area contributed by atoms with Crippen LogP contribution in [0.2, 0.25) is 0 Å². The van der Waals surface area contributed by atoms with Crippen molar-refractivity contribution < 1.29 is 20.8 Å². The van der Waals surface area contributed by atoms with Gasteiger partial charge in [-0.05, 0) is 52.4 Å². The van der Waals surface area contributed by atoms with Crippen molar-refractivity contribution in [1.82, 2.24) is 0 Å². The van der Waals surface area contributed by atoms with Crippen molar-refractivity contribution in [1.29, 1.82) is 0 Å². The Kier molecular flexibility index (Phi) is 3.98. The second kappa shape index (κ2) is 4.46. The van der Waals surface area contributed by atoms with Crippen molar-refractivity contribution in [3.63, 3.8) is 0 Å². The van der Waals surface area contributed by atoms with Crippen LogP contribution in [-0.4, -0.2) is 38.0 Å². The molecule has 0 spiro atoms. The van der Waals surface area contributed by atoms with Gasteiger partial charge in [0.25, 0.3) is 0 Å². The van der Waals surface area contributed by atoms with E-state index < -0.39 is 14.5 Å². The van der Waals surface area contributed by atoms with Crippen LogP contribution in [-0.2, 0) is 8.48 Å². The van der Waals surface area contributed by atoms with Crippen LogP contribution in [0.15, 0.2) is 0 Å². The molecule has 3 N–H and O–H groups in total. The number of ether oxygens (including phenoxy) is 1. The first-order valence-electron chi connectivity index (χ1n) is 5.50. The summed E-state index contributed by atoms with van der Waals surface area (Å²) in [5, 5.41) is 0. The third kappa shape index (κ3) is 4.22. The molecule has 96 valence electrons. The zero-order chi connectivity index (χ0) is 12.6. The molecule has 2 heterocycles. The Bertz CT molecular complexity index is 277. The van der Waals surface area contributed by atoms with Crippen LogP contribution in [0, 0.1) is 5.92 Å². The van der Waals surface area contributed by atoms with Crippen LogP contribution >= 0.6 is 0 Å². The molecule has 0 atom stereocenters. The number of fused-ring (bicyclic) bond motifs is 3. The average molecular weight is 296 g/mol. The Balaban J connectivity index is 0.000000221. The zero-order valence-corrected chi connectivity index (χ0v) is 11.9. The normalized spacial score (nSPS) is 36.5. The molecule has 3 fully saturated rings. The third-order valence-electron chi connectivity index (χ3n) is 3.54. The third-order valence-corrected chi connectivity index (χ3v) is 3.54. The monoisotopic (exact) mass is 296 g/mol.